The van der Waals surface area contributed by atoms with E-state index < -0.39 is 11.1 Å². The minimum atomic E-state index is -1.74. The van der Waals surface area contributed by atoms with Crippen LogP contribution in [0, 0.1) is 0 Å². The Morgan fingerprint density at radius 3 is 2.54 bits per heavy atom. The molecule has 0 bridgehead atoms. The highest BCUT2D eigenvalue weighted by molar-refractivity contribution is 7.79. The van der Waals surface area contributed by atoms with Crippen molar-refractivity contribution in [1.82, 2.24) is 0 Å². The topological polar surface area (TPSA) is 63.3 Å². The lowest BCUT2D eigenvalue weighted by Crippen LogP contribution is -2.13. The van der Waals surface area contributed by atoms with Crippen molar-refractivity contribution in [3.05, 3.63) is 35.9 Å². The maximum Gasteiger partial charge on any atom is 0.152 e. The molecular formula is C9H13NO2S. The molecule has 72 valence electrons. The number of hydrogen-bond acceptors (Lipinski definition) is 2. The largest absolute Gasteiger partial charge is 0.324 e. The normalized spacial score (nSPS) is 15.2. The van der Waals surface area contributed by atoms with Crippen LogP contribution in [0.25, 0.3) is 0 Å². The SMILES string of the molecule is NC(CCS(=O)O)c1ccccc1. The van der Waals surface area contributed by atoms with E-state index in [0.717, 1.165) is 5.56 Å². The summed E-state index contributed by atoms with van der Waals surface area (Å²) < 4.78 is 19.0. The second-order valence-electron chi connectivity index (χ2n) is 2.83. The van der Waals surface area contributed by atoms with Crippen LogP contribution in [0.3, 0.4) is 0 Å². The number of hydrogen-bond donors (Lipinski definition) is 2. The number of benzene rings is 1. The molecule has 3 nitrogen and oxygen atoms in total. The van der Waals surface area contributed by atoms with E-state index in [9.17, 15) is 4.21 Å². The van der Waals surface area contributed by atoms with E-state index in [1.165, 1.54) is 0 Å². The first-order valence-electron chi connectivity index (χ1n) is 4.08. The van der Waals surface area contributed by atoms with E-state index in [4.69, 9.17) is 10.3 Å². The summed E-state index contributed by atoms with van der Waals surface area (Å²) in [5, 5.41) is 0. The average Bonchev–Trinajstić information content (AvgIpc) is 2.15. The van der Waals surface area contributed by atoms with Crippen molar-refractivity contribution in [2.45, 2.75) is 12.5 Å². The van der Waals surface area contributed by atoms with Crippen LogP contribution in [-0.2, 0) is 11.1 Å². The van der Waals surface area contributed by atoms with Gasteiger partial charge < -0.3 is 10.3 Å². The van der Waals surface area contributed by atoms with E-state index >= 15 is 0 Å². The first-order chi connectivity index (χ1) is 6.20. The fraction of sp³-hybridized carbons (Fsp3) is 0.333. The molecule has 0 saturated carbocycles. The van der Waals surface area contributed by atoms with Gasteiger partial charge in [0.05, 0.1) is 5.75 Å². The number of nitrogens with two attached hydrogens (primary N) is 1. The van der Waals surface area contributed by atoms with Gasteiger partial charge in [0, 0.05) is 6.04 Å². The molecule has 2 unspecified atom stereocenters. The van der Waals surface area contributed by atoms with Gasteiger partial charge in [-0.1, -0.05) is 30.3 Å². The molecule has 0 amide bonds. The van der Waals surface area contributed by atoms with Crippen molar-refractivity contribution < 1.29 is 8.76 Å². The second kappa shape index (κ2) is 5.11. The molecular weight excluding hydrogens is 186 g/mol. The maximum atomic E-state index is 10.4. The molecule has 0 aliphatic carbocycles. The Morgan fingerprint density at radius 2 is 2.00 bits per heavy atom. The first-order valence-corrected chi connectivity index (χ1v) is 5.35. The summed E-state index contributed by atoms with van der Waals surface area (Å²) in [6.45, 7) is 0. The van der Waals surface area contributed by atoms with Gasteiger partial charge >= 0.3 is 0 Å². The Hall–Kier alpha value is -0.710. The lowest BCUT2D eigenvalue weighted by molar-refractivity contribution is 0.556. The average molecular weight is 199 g/mol. The highest BCUT2D eigenvalue weighted by Gasteiger charge is 2.05. The molecule has 0 fully saturated rings. The zero-order chi connectivity index (χ0) is 9.68. The summed E-state index contributed by atoms with van der Waals surface area (Å²) in [6.07, 6.45) is 0.535. The van der Waals surface area contributed by atoms with Gasteiger partial charge in [0.1, 0.15) is 0 Å². The molecule has 4 heteroatoms. The Balaban J connectivity index is 2.49. The minimum absolute atomic E-state index is 0.141. The maximum absolute atomic E-state index is 10.4. The quantitative estimate of drug-likeness (QED) is 0.718. The summed E-state index contributed by atoms with van der Waals surface area (Å²) >= 11 is -1.74. The van der Waals surface area contributed by atoms with E-state index in [1.54, 1.807) is 0 Å². The van der Waals surface area contributed by atoms with Gasteiger partial charge in [-0.3, -0.25) is 0 Å². The van der Waals surface area contributed by atoms with Crippen molar-refractivity contribution in [3.8, 4) is 0 Å². The van der Waals surface area contributed by atoms with Crippen LogP contribution in [0.5, 0.6) is 0 Å². The van der Waals surface area contributed by atoms with Crippen LogP contribution in [0.1, 0.15) is 18.0 Å². The molecule has 0 radical (unpaired) electrons. The van der Waals surface area contributed by atoms with E-state index in [0.29, 0.717) is 6.42 Å². The van der Waals surface area contributed by atoms with Gasteiger partial charge in [-0.25, -0.2) is 4.21 Å². The number of rotatable bonds is 4. The summed E-state index contributed by atoms with van der Waals surface area (Å²) in [4.78, 5) is 0. The molecule has 3 N–H and O–H groups in total. The van der Waals surface area contributed by atoms with Gasteiger partial charge in [-0.2, -0.15) is 0 Å². The molecule has 0 aromatic heterocycles. The van der Waals surface area contributed by atoms with Crippen LogP contribution >= 0.6 is 0 Å². The standard InChI is InChI=1S/C9H13NO2S/c10-9(6-7-13(11)12)8-4-2-1-3-5-8/h1-5,9H,6-7,10H2,(H,11,12). The molecule has 13 heavy (non-hydrogen) atoms. The zero-order valence-electron chi connectivity index (χ0n) is 7.22. The van der Waals surface area contributed by atoms with Crippen LogP contribution < -0.4 is 5.73 Å². The van der Waals surface area contributed by atoms with Gasteiger partial charge in [-0.05, 0) is 12.0 Å². The smallest absolute Gasteiger partial charge is 0.152 e. The predicted octanol–water partition coefficient (Wildman–Crippen LogP) is 1.30. The summed E-state index contributed by atoms with van der Waals surface area (Å²) in [7, 11) is 0. The van der Waals surface area contributed by atoms with Crippen molar-refractivity contribution >= 4 is 11.1 Å². The lowest BCUT2D eigenvalue weighted by atomic mass is 10.1. The lowest BCUT2D eigenvalue weighted by Gasteiger charge is -2.09. The molecule has 0 spiro atoms. The summed E-state index contributed by atoms with van der Waals surface area (Å²) in [6, 6.07) is 9.43. The highest BCUT2D eigenvalue weighted by Crippen LogP contribution is 2.12. The molecule has 1 aromatic carbocycles. The molecule has 1 rings (SSSR count). The van der Waals surface area contributed by atoms with E-state index in [1.807, 2.05) is 30.3 Å². The van der Waals surface area contributed by atoms with Crippen LogP contribution in [0.4, 0.5) is 0 Å². The molecule has 0 aliphatic rings. The van der Waals surface area contributed by atoms with Gasteiger partial charge in [0.2, 0.25) is 0 Å². The Morgan fingerprint density at radius 1 is 1.38 bits per heavy atom. The third kappa shape index (κ3) is 3.67. The van der Waals surface area contributed by atoms with Crippen LogP contribution in [0.2, 0.25) is 0 Å². The van der Waals surface area contributed by atoms with Crippen molar-refractivity contribution in [1.29, 1.82) is 0 Å². The van der Waals surface area contributed by atoms with Crippen molar-refractivity contribution in [3.63, 3.8) is 0 Å². The second-order valence-corrected chi connectivity index (χ2v) is 3.88. The summed E-state index contributed by atoms with van der Waals surface area (Å²) in [5.41, 5.74) is 6.81. The zero-order valence-corrected chi connectivity index (χ0v) is 8.04. The molecule has 0 saturated heterocycles. The molecule has 0 heterocycles. The summed E-state index contributed by atoms with van der Waals surface area (Å²) in [5.74, 6) is 0.232. The third-order valence-electron chi connectivity index (χ3n) is 1.83. The van der Waals surface area contributed by atoms with Gasteiger partial charge in [-0.15, -0.1) is 0 Å². The van der Waals surface area contributed by atoms with Crippen LogP contribution in [-0.4, -0.2) is 14.5 Å². The Bertz CT molecular complexity index is 276. The van der Waals surface area contributed by atoms with Gasteiger partial charge in [0.25, 0.3) is 0 Å². The fourth-order valence-electron chi connectivity index (χ4n) is 1.09. The molecule has 2 atom stereocenters. The Labute approximate surface area is 80.2 Å². The first kappa shape index (κ1) is 10.4. The van der Waals surface area contributed by atoms with Gasteiger partial charge in [0.15, 0.2) is 11.1 Å². The highest BCUT2D eigenvalue weighted by atomic mass is 32.2. The molecule has 1 aromatic rings. The van der Waals surface area contributed by atoms with Crippen molar-refractivity contribution in [2.75, 3.05) is 5.75 Å². The molecule has 0 aliphatic heterocycles. The third-order valence-corrected chi connectivity index (χ3v) is 2.42. The Kier molecular flexibility index (Phi) is 4.08. The van der Waals surface area contributed by atoms with E-state index in [-0.39, 0.29) is 11.8 Å². The van der Waals surface area contributed by atoms with Crippen molar-refractivity contribution in [2.24, 2.45) is 5.73 Å². The fourth-order valence-corrected chi connectivity index (χ4v) is 1.55. The van der Waals surface area contributed by atoms with Crippen LogP contribution in [0.15, 0.2) is 30.3 Å². The monoisotopic (exact) mass is 199 g/mol. The predicted molar refractivity (Wildman–Crippen MR) is 53.6 cm³/mol. The van der Waals surface area contributed by atoms with E-state index in [2.05, 4.69) is 0 Å². The minimum Gasteiger partial charge on any atom is -0.324 e.